The monoisotopic (exact) mass is 440 g/mol. The molecule has 1 heterocycles. The van der Waals surface area contributed by atoms with E-state index >= 15 is 0 Å². The number of hydrogen-bond acceptors (Lipinski definition) is 3. The first kappa shape index (κ1) is 22.6. The molecule has 0 radical (unpaired) electrons. The summed E-state index contributed by atoms with van der Waals surface area (Å²) in [6, 6.07) is 8.84. The van der Waals surface area contributed by atoms with Crippen LogP contribution in [0.1, 0.15) is 29.2 Å². The highest BCUT2D eigenvalue weighted by atomic mass is 35.5. The van der Waals surface area contributed by atoms with Gasteiger partial charge < -0.3 is 14.4 Å². The molecule has 0 bridgehead atoms. The molecule has 0 aromatic heterocycles. The molecule has 1 saturated heterocycles. The minimum Gasteiger partial charge on any atom is -0.375 e. The minimum atomic E-state index is -4.39. The van der Waals surface area contributed by atoms with E-state index in [0.29, 0.717) is 29.5 Å². The summed E-state index contributed by atoms with van der Waals surface area (Å²) in [6.45, 7) is 5.42. The maximum absolute atomic E-state index is 13.0. The molecule has 1 fully saturated rings. The topological polar surface area (TPSA) is 34.1 Å². The van der Waals surface area contributed by atoms with Crippen LogP contribution in [0.25, 0.3) is 0 Å². The van der Waals surface area contributed by atoms with Gasteiger partial charge in [-0.25, -0.2) is 4.99 Å². The van der Waals surface area contributed by atoms with Gasteiger partial charge in [0.05, 0.1) is 42.4 Å². The number of alkyl halides is 3. The highest BCUT2D eigenvalue weighted by Crippen LogP contribution is 2.40. The molecule has 0 unspecified atom stereocenters. The lowest BCUT2D eigenvalue weighted by Gasteiger charge is -2.42. The zero-order valence-corrected chi connectivity index (χ0v) is 17.8. The van der Waals surface area contributed by atoms with Gasteiger partial charge in [0.15, 0.2) is 0 Å². The Morgan fingerprint density at radius 3 is 2.60 bits per heavy atom. The van der Waals surface area contributed by atoms with Crippen LogP contribution in [0.15, 0.2) is 41.4 Å². The first-order valence-electron chi connectivity index (χ1n) is 9.57. The van der Waals surface area contributed by atoms with Crippen molar-refractivity contribution in [3.05, 3.63) is 63.7 Å². The van der Waals surface area contributed by atoms with Crippen molar-refractivity contribution in [3.8, 4) is 0 Å². The van der Waals surface area contributed by atoms with Gasteiger partial charge in [0.1, 0.15) is 5.60 Å². The zero-order chi connectivity index (χ0) is 21.9. The summed E-state index contributed by atoms with van der Waals surface area (Å²) in [5.74, 6) is 0. The number of aryl methyl sites for hydroxylation is 1. The molecule has 0 aliphatic carbocycles. The maximum Gasteiger partial charge on any atom is 0.416 e. The molecule has 3 rings (SSSR count). The molecule has 0 N–H and O–H groups in total. The Morgan fingerprint density at radius 2 is 2.00 bits per heavy atom. The summed E-state index contributed by atoms with van der Waals surface area (Å²) in [6.07, 6.45) is -2.67. The highest BCUT2D eigenvalue weighted by molar-refractivity contribution is 6.33. The third-order valence-corrected chi connectivity index (χ3v) is 5.42. The zero-order valence-electron chi connectivity index (χ0n) is 17.1. The summed E-state index contributed by atoms with van der Waals surface area (Å²) in [7, 11) is 1.92. The van der Waals surface area contributed by atoms with Crippen LogP contribution in [0.3, 0.4) is 0 Å². The number of nitrogens with zero attached hydrogens (tertiary/aromatic N) is 2. The van der Waals surface area contributed by atoms with Gasteiger partial charge in [-0.15, -0.1) is 0 Å². The predicted octanol–water partition coefficient (Wildman–Crippen LogP) is 5.72. The molecule has 8 heteroatoms. The quantitative estimate of drug-likeness (QED) is 0.408. The number of benzene rings is 2. The van der Waals surface area contributed by atoms with Gasteiger partial charge in [-0.3, -0.25) is 0 Å². The summed E-state index contributed by atoms with van der Waals surface area (Å²) in [5.41, 5.74) is 1.44. The summed E-state index contributed by atoms with van der Waals surface area (Å²) in [5, 5.41) is 0.477. The Labute approximate surface area is 179 Å². The van der Waals surface area contributed by atoms with Crippen molar-refractivity contribution in [3.63, 3.8) is 0 Å². The van der Waals surface area contributed by atoms with Gasteiger partial charge in [-0.05, 0) is 54.8 Å². The number of rotatable bonds is 7. The molecule has 2 aromatic carbocycles. The predicted molar refractivity (Wildman–Crippen MR) is 111 cm³/mol. The third kappa shape index (κ3) is 4.96. The number of aliphatic imine (C=N–C) groups is 1. The lowest BCUT2D eigenvalue weighted by molar-refractivity contribution is -0.223. The maximum atomic E-state index is 13.0. The van der Waals surface area contributed by atoms with Crippen molar-refractivity contribution < 1.29 is 22.6 Å². The molecule has 1 aliphatic heterocycles. The van der Waals surface area contributed by atoms with Crippen LogP contribution in [-0.4, -0.2) is 38.0 Å². The van der Waals surface area contributed by atoms with Gasteiger partial charge in [0.25, 0.3) is 0 Å². The van der Waals surface area contributed by atoms with Gasteiger partial charge in [-0.1, -0.05) is 23.7 Å². The largest absolute Gasteiger partial charge is 0.416 e. The van der Waals surface area contributed by atoms with Crippen molar-refractivity contribution >= 4 is 23.6 Å². The molecule has 30 heavy (non-hydrogen) atoms. The SMILES string of the molecule is CCN(C)C=Nc1cc(C)c(C2(OCc3cccc(C(F)(F)F)c3)COC2)cc1Cl. The second-order valence-corrected chi connectivity index (χ2v) is 7.82. The Kier molecular flexibility index (Phi) is 6.75. The Morgan fingerprint density at radius 1 is 1.27 bits per heavy atom. The fourth-order valence-electron chi connectivity index (χ4n) is 3.16. The van der Waals surface area contributed by atoms with Crippen LogP contribution in [0.4, 0.5) is 18.9 Å². The van der Waals surface area contributed by atoms with E-state index < -0.39 is 17.3 Å². The standard InChI is InChI=1S/C22H24ClF3N2O2/c1-4-28(3)14-27-20-8-15(2)18(10-19(20)23)21(12-29-13-21)30-11-16-6-5-7-17(9-16)22(24,25)26/h5-10,14H,4,11-13H2,1-3H3. The first-order valence-corrected chi connectivity index (χ1v) is 9.95. The molecule has 0 saturated carbocycles. The summed E-state index contributed by atoms with van der Waals surface area (Å²) >= 11 is 6.45. The summed E-state index contributed by atoms with van der Waals surface area (Å²) < 4.78 is 50.4. The molecular formula is C22H24ClF3N2O2. The minimum absolute atomic E-state index is 0.0333. The van der Waals surface area contributed by atoms with E-state index in [9.17, 15) is 13.2 Å². The number of hydrogen-bond donors (Lipinski definition) is 0. The Bertz CT molecular complexity index is 927. The third-order valence-electron chi connectivity index (χ3n) is 5.12. The van der Waals surface area contributed by atoms with Crippen LogP contribution in [0.5, 0.6) is 0 Å². The fourth-order valence-corrected chi connectivity index (χ4v) is 3.37. The number of ether oxygens (including phenoxy) is 2. The van der Waals surface area contributed by atoms with Crippen LogP contribution in [0.2, 0.25) is 5.02 Å². The Balaban J connectivity index is 1.81. The smallest absolute Gasteiger partial charge is 0.375 e. The van der Waals surface area contributed by atoms with Crippen LogP contribution >= 0.6 is 11.6 Å². The lowest BCUT2D eigenvalue weighted by atomic mass is 9.88. The normalized spacial score (nSPS) is 16.0. The lowest BCUT2D eigenvalue weighted by Crippen LogP contribution is -2.49. The molecule has 0 atom stereocenters. The van der Waals surface area contributed by atoms with E-state index in [4.69, 9.17) is 21.1 Å². The van der Waals surface area contributed by atoms with Crippen LogP contribution in [-0.2, 0) is 27.9 Å². The van der Waals surface area contributed by atoms with E-state index in [1.165, 1.54) is 6.07 Å². The van der Waals surface area contributed by atoms with Crippen molar-refractivity contribution in [1.82, 2.24) is 4.90 Å². The van der Waals surface area contributed by atoms with Gasteiger partial charge in [0, 0.05) is 13.6 Å². The van der Waals surface area contributed by atoms with E-state index in [1.807, 2.05) is 37.9 Å². The second-order valence-electron chi connectivity index (χ2n) is 7.41. The van der Waals surface area contributed by atoms with Crippen molar-refractivity contribution in [2.24, 2.45) is 4.99 Å². The van der Waals surface area contributed by atoms with Crippen molar-refractivity contribution in [1.29, 1.82) is 0 Å². The highest BCUT2D eigenvalue weighted by Gasteiger charge is 2.43. The van der Waals surface area contributed by atoms with Crippen molar-refractivity contribution in [2.45, 2.75) is 32.2 Å². The van der Waals surface area contributed by atoms with Crippen molar-refractivity contribution in [2.75, 3.05) is 26.8 Å². The van der Waals surface area contributed by atoms with E-state index in [0.717, 1.165) is 29.8 Å². The number of halogens is 4. The molecule has 4 nitrogen and oxygen atoms in total. The Hall–Kier alpha value is -2.09. The molecule has 162 valence electrons. The molecular weight excluding hydrogens is 417 g/mol. The molecule has 2 aromatic rings. The fraction of sp³-hybridized carbons (Fsp3) is 0.409. The van der Waals surface area contributed by atoms with Gasteiger partial charge in [-0.2, -0.15) is 13.2 Å². The summed E-state index contributed by atoms with van der Waals surface area (Å²) in [4.78, 5) is 6.35. The van der Waals surface area contributed by atoms with Gasteiger partial charge >= 0.3 is 6.18 Å². The van der Waals surface area contributed by atoms with E-state index in [-0.39, 0.29) is 6.61 Å². The average molecular weight is 441 g/mol. The average Bonchev–Trinajstić information content (AvgIpc) is 2.67. The molecule has 0 spiro atoms. The molecule has 1 aliphatic rings. The van der Waals surface area contributed by atoms with Gasteiger partial charge in [0.2, 0.25) is 0 Å². The molecule has 0 amide bonds. The van der Waals surface area contributed by atoms with E-state index in [2.05, 4.69) is 4.99 Å². The van der Waals surface area contributed by atoms with Crippen LogP contribution < -0.4 is 0 Å². The second kappa shape index (κ2) is 8.96. The van der Waals surface area contributed by atoms with Crippen LogP contribution in [0, 0.1) is 6.92 Å². The van der Waals surface area contributed by atoms with E-state index in [1.54, 1.807) is 12.4 Å². The first-order chi connectivity index (χ1) is 14.1.